The van der Waals surface area contributed by atoms with Crippen molar-refractivity contribution in [2.24, 2.45) is 4.99 Å². The molecule has 1 fully saturated rings. The number of benzene rings is 2. The summed E-state index contributed by atoms with van der Waals surface area (Å²) < 4.78 is 53.5. The van der Waals surface area contributed by atoms with Crippen molar-refractivity contribution < 1.29 is 22.4 Å². The SMILES string of the molecule is O=C1NCC(c2ccc(-c3csc(C(F)(F)F)c3)c(F)c2)N1c1ccc2c(c1)N=CC2. The number of urea groups is 1. The number of nitrogens with one attached hydrogen (secondary N) is 1. The predicted octanol–water partition coefficient (Wildman–Crippen LogP) is 6.10. The van der Waals surface area contributed by atoms with E-state index < -0.39 is 22.9 Å². The van der Waals surface area contributed by atoms with Crippen molar-refractivity contribution in [2.75, 3.05) is 11.4 Å². The normalized spacial score (nSPS) is 17.9. The minimum absolute atomic E-state index is 0.0891. The number of alkyl halides is 3. The van der Waals surface area contributed by atoms with Crippen molar-refractivity contribution in [3.63, 3.8) is 0 Å². The molecule has 2 aromatic carbocycles. The third-order valence-corrected chi connectivity index (χ3v) is 6.41. The molecular weight excluding hydrogens is 430 g/mol. The maximum atomic E-state index is 14.9. The molecule has 1 aromatic heterocycles. The van der Waals surface area contributed by atoms with Gasteiger partial charge in [-0.1, -0.05) is 18.2 Å². The minimum atomic E-state index is -4.46. The maximum Gasteiger partial charge on any atom is 0.425 e. The summed E-state index contributed by atoms with van der Waals surface area (Å²) in [7, 11) is 0. The fourth-order valence-electron chi connectivity index (χ4n) is 3.90. The van der Waals surface area contributed by atoms with Crippen molar-refractivity contribution in [1.82, 2.24) is 5.32 Å². The van der Waals surface area contributed by atoms with Gasteiger partial charge < -0.3 is 5.32 Å². The summed E-state index contributed by atoms with van der Waals surface area (Å²) in [5.41, 5.74) is 3.34. The lowest BCUT2D eigenvalue weighted by atomic mass is 10.0. The van der Waals surface area contributed by atoms with Crippen LogP contribution in [0.3, 0.4) is 0 Å². The number of carbonyl (C=O) groups excluding carboxylic acids is 1. The van der Waals surface area contributed by atoms with E-state index in [1.165, 1.54) is 17.5 Å². The molecule has 1 saturated heterocycles. The molecular formula is C22H15F4N3OS. The van der Waals surface area contributed by atoms with Crippen molar-refractivity contribution in [3.8, 4) is 11.1 Å². The highest BCUT2D eigenvalue weighted by Crippen LogP contribution is 2.39. The summed E-state index contributed by atoms with van der Waals surface area (Å²) in [6, 6.07) is 10.2. The number of fused-ring (bicyclic) bond motifs is 1. The molecule has 0 saturated carbocycles. The number of nitrogens with zero attached hydrogens (tertiary/aromatic N) is 2. The monoisotopic (exact) mass is 445 g/mol. The van der Waals surface area contributed by atoms with E-state index in [1.54, 1.807) is 17.2 Å². The summed E-state index contributed by atoms with van der Waals surface area (Å²) in [5, 5.41) is 4.06. The van der Waals surface area contributed by atoms with E-state index in [0.29, 0.717) is 22.6 Å². The molecule has 1 atom stereocenters. The number of aliphatic imine (C=N–C) groups is 1. The molecule has 9 heteroatoms. The molecule has 5 rings (SSSR count). The Kier molecular flexibility index (Phi) is 4.58. The summed E-state index contributed by atoms with van der Waals surface area (Å²) in [6.45, 7) is 0.286. The molecule has 31 heavy (non-hydrogen) atoms. The first-order valence-corrected chi connectivity index (χ1v) is 10.4. The van der Waals surface area contributed by atoms with Crippen molar-refractivity contribution in [3.05, 3.63) is 69.7 Å². The van der Waals surface area contributed by atoms with Crippen molar-refractivity contribution in [2.45, 2.75) is 18.6 Å². The number of thiophene rings is 1. The van der Waals surface area contributed by atoms with Crippen LogP contribution in [0.2, 0.25) is 0 Å². The quantitative estimate of drug-likeness (QED) is 0.487. The maximum absolute atomic E-state index is 14.9. The lowest BCUT2D eigenvalue weighted by molar-refractivity contribution is -0.134. The van der Waals surface area contributed by atoms with Crippen LogP contribution in [0, 0.1) is 5.82 Å². The smallest absolute Gasteiger partial charge is 0.335 e. The van der Waals surface area contributed by atoms with Gasteiger partial charge in [0.1, 0.15) is 10.7 Å². The summed E-state index contributed by atoms with van der Waals surface area (Å²) >= 11 is 0.531. The summed E-state index contributed by atoms with van der Waals surface area (Å²) in [6.07, 6.45) is -1.91. The van der Waals surface area contributed by atoms with E-state index in [0.717, 1.165) is 23.7 Å². The van der Waals surface area contributed by atoms with E-state index in [2.05, 4.69) is 10.3 Å². The zero-order valence-corrected chi connectivity index (χ0v) is 16.7. The van der Waals surface area contributed by atoms with Crippen LogP contribution in [0.25, 0.3) is 11.1 Å². The highest BCUT2D eigenvalue weighted by molar-refractivity contribution is 7.10. The standard InChI is InChI=1S/C22H15F4N3OS/c23-17-7-13(2-4-16(17)14-8-20(31-11-14)22(24,25)26)19-10-28-21(30)29(19)15-3-1-12-5-6-27-18(12)9-15/h1-4,6-9,11,19H,5,10H2,(H,28,30). The second-order valence-corrected chi connectivity index (χ2v) is 8.25. The van der Waals surface area contributed by atoms with Gasteiger partial charge in [-0.25, -0.2) is 9.18 Å². The van der Waals surface area contributed by atoms with Gasteiger partial charge in [-0.2, -0.15) is 13.2 Å². The van der Waals surface area contributed by atoms with Crippen LogP contribution < -0.4 is 10.2 Å². The van der Waals surface area contributed by atoms with Gasteiger partial charge in [-0.05, 0) is 46.3 Å². The molecule has 0 bridgehead atoms. The first-order valence-electron chi connectivity index (χ1n) is 9.49. The number of rotatable bonds is 3. The van der Waals surface area contributed by atoms with Gasteiger partial charge in [0.2, 0.25) is 0 Å². The molecule has 0 spiro atoms. The van der Waals surface area contributed by atoms with Crippen LogP contribution in [-0.2, 0) is 12.6 Å². The Bertz CT molecular complexity index is 1220. The van der Waals surface area contributed by atoms with Gasteiger partial charge in [-0.15, -0.1) is 11.3 Å². The predicted molar refractivity (Wildman–Crippen MR) is 112 cm³/mol. The molecule has 3 heterocycles. The first kappa shape index (κ1) is 19.7. The van der Waals surface area contributed by atoms with Crippen LogP contribution in [0.4, 0.5) is 33.7 Å². The van der Waals surface area contributed by atoms with Gasteiger partial charge in [0, 0.05) is 30.4 Å². The number of carbonyl (C=O) groups is 1. The Labute approximate surface area is 178 Å². The second kappa shape index (κ2) is 7.19. The highest BCUT2D eigenvalue weighted by Gasteiger charge is 2.35. The molecule has 4 nitrogen and oxygen atoms in total. The van der Waals surface area contributed by atoms with Gasteiger partial charge >= 0.3 is 12.2 Å². The Morgan fingerprint density at radius 3 is 2.71 bits per heavy atom. The number of amides is 2. The minimum Gasteiger partial charge on any atom is -0.335 e. The Balaban J connectivity index is 1.47. The van der Waals surface area contributed by atoms with Crippen LogP contribution in [-0.4, -0.2) is 18.8 Å². The first-order chi connectivity index (χ1) is 14.8. The van der Waals surface area contributed by atoms with Crippen LogP contribution in [0.1, 0.15) is 22.0 Å². The van der Waals surface area contributed by atoms with Gasteiger partial charge in [0.15, 0.2) is 0 Å². The highest BCUT2D eigenvalue weighted by atomic mass is 32.1. The molecule has 1 N–H and O–H groups in total. The zero-order valence-electron chi connectivity index (χ0n) is 15.9. The fourth-order valence-corrected chi connectivity index (χ4v) is 4.68. The molecule has 2 aliphatic heterocycles. The number of hydrogen-bond acceptors (Lipinski definition) is 3. The van der Waals surface area contributed by atoms with Gasteiger partial charge in [-0.3, -0.25) is 9.89 Å². The van der Waals surface area contributed by atoms with Crippen molar-refractivity contribution >= 4 is 35.0 Å². The lowest BCUT2D eigenvalue weighted by Gasteiger charge is -2.24. The van der Waals surface area contributed by atoms with E-state index in [4.69, 9.17) is 0 Å². The summed E-state index contributed by atoms with van der Waals surface area (Å²) in [4.78, 5) is 17.6. The number of hydrogen-bond donors (Lipinski definition) is 1. The van der Waals surface area contributed by atoms with Crippen LogP contribution in [0.15, 0.2) is 52.8 Å². The molecule has 0 aliphatic carbocycles. The zero-order chi connectivity index (χ0) is 21.8. The third-order valence-electron chi connectivity index (χ3n) is 5.43. The fraction of sp³-hybridized carbons (Fsp3) is 0.182. The third kappa shape index (κ3) is 3.48. The van der Waals surface area contributed by atoms with Gasteiger partial charge in [0.05, 0.1) is 11.7 Å². The summed E-state index contributed by atoms with van der Waals surface area (Å²) in [5.74, 6) is -0.637. The van der Waals surface area contributed by atoms with E-state index in [9.17, 15) is 22.4 Å². The molecule has 0 radical (unpaired) electrons. The lowest BCUT2D eigenvalue weighted by Crippen LogP contribution is -2.29. The second-order valence-electron chi connectivity index (χ2n) is 7.34. The molecule has 2 aliphatic rings. The topological polar surface area (TPSA) is 44.7 Å². The Morgan fingerprint density at radius 1 is 1.13 bits per heavy atom. The van der Waals surface area contributed by atoms with Crippen LogP contribution in [0.5, 0.6) is 0 Å². The van der Waals surface area contributed by atoms with Gasteiger partial charge in [0.25, 0.3) is 0 Å². The molecule has 1 unspecified atom stereocenters. The van der Waals surface area contributed by atoms with Crippen molar-refractivity contribution in [1.29, 1.82) is 0 Å². The van der Waals surface area contributed by atoms with E-state index in [-0.39, 0.29) is 23.7 Å². The average Bonchev–Trinajstić information content (AvgIpc) is 3.46. The van der Waals surface area contributed by atoms with E-state index in [1.807, 2.05) is 18.2 Å². The number of anilines is 1. The van der Waals surface area contributed by atoms with Crippen LogP contribution >= 0.6 is 11.3 Å². The Hall–Kier alpha value is -3.20. The van der Waals surface area contributed by atoms with E-state index >= 15 is 0 Å². The average molecular weight is 445 g/mol. The molecule has 2 amide bonds. The largest absolute Gasteiger partial charge is 0.425 e. The Morgan fingerprint density at radius 2 is 1.97 bits per heavy atom. The number of halogens is 4. The molecule has 3 aromatic rings. The molecule has 158 valence electrons.